The maximum Gasteiger partial charge on any atom is 0.193 e. The van der Waals surface area contributed by atoms with Crippen LogP contribution >= 0.6 is 0 Å². The molecule has 0 aliphatic heterocycles. The van der Waals surface area contributed by atoms with Gasteiger partial charge in [-0.3, -0.25) is 4.79 Å². The Hall–Kier alpha value is -2.09. The first kappa shape index (κ1) is 17.0. The van der Waals surface area contributed by atoms with Gasteiger partial charge in [0.1, 0.15) is 5.75 Å². The van der Waals surface area contributed by atoms with Crippen molar-refractivity contribution in [3.8, 4) is 5.75 Å². The molecule has 0 saturated carbocycles. The Morgan fingerprint density at radius 1 is 0.857 bits per heavy atom. The monoisotopic (exact) mass is 284 g/mol. The molecule has 2 aromatic carbocycles. The van der Waals surface area contributed by atoms with Gasteiger partial charge < -0.3 is 4.74 Å². The molecule has 0 saturated heterocycles. The smallest absolute Gasteiger partial charge is 0.193 e. The Bertz CT molecular complexity index is 587. The van der Waals surface area contributed by atoms with Crippen molar-refractivity contribution >= 4 is 5.78 Å². The molecule has 0 atom stereocenters. The van der Waals surface area contributed by atoms with E-state index in [0.717, 1.165) is 5.75 Å². The first-order valence-electron chi connectivity index (χ1n) is 6.71. The largest absolute Gasteiger partial charge is 0.497 e. The average Bonchev–Trinajstić information content (AvgIpc) is 2.46. The van der Waals surface area contributed by atoms with E-state index >= 15 is 0 Å². The van der Waals surface area contributed by atoms with E-state index in [1.54, 1.807) is 31.4 Å². The molecule has 21 heavy (non-hydrogen) atoms. The molecular weight excluding hydrogens is 260 g/mol. The molecule has 2 aromatic rings. The van der Waals surface area contributed by atoms with Crippen molar-refractivity contribution in [1.29, 1.82) is 0 Å². The third kappa shape index (κ3) is 3.94. The summed E-state index contributed by atoms with van der Waals surface area (Å²) in [6.07, 6.45) is 0. The predicted octanol–water partition coefficient (Wildman–Crippen LogP) is 4.86. The molecule has 0 N–H and O–H groups in total. The molecule has 0 bridgehead atoms. The fraction of sp³-hybridized carbons (Fsp3) is 0.316. The van der Waals surface area contributed by atoms with Crippen LogP contribution in [0.25, 0.3) is 0 Å². The van der Waals surface area contributed by atoms with Gasteiger partial charge in [0.05, 0.1) is 7.11 Å². The molecule has 0 aromatic heterocycles. The molecule has 0 heterocycles. The van der Waals surface area contributed by atoms with Crippen molar-refractivity contribution in [3.63, 3.8) is 0 Å². The van der Waals surface area contributed by atoms with Gasteiger partial charge >= 0.3 is 0 Å². The van der Waals surface area contributed by atoms with Crippen molar-refractivity contribution in [1.82, 2.24) is 0 Å². The first-order chi connectivity index (χ1) is 9.41. The Labute approximate surface area is 127 Å². The van der Waals surface area contributed by atoms with E-state index < -0.39 is 0 Å². The summed E-state index contributed by atoms with van der Waals surface area (Å²) >= 11 is 0. The highest BCUT2D eigenvalue weighted by molar-refractivity contribution is 6.09. The maximum absolute atomic E-state index is 12.4. The fourth-order valence-corrected chi connectivity index (χ4v) is 2.03. The van der Waals surface area contributed by atoms with Crippen LogP contribution < -0.4 is 4.74 Å². The number of ketones is 1. The number of carbonyl (C=O) groups is 1. The predicted molar refractivity (Wildman–Crippen MR) is 88.3 cm³/mol. The quantitative estimate of drug-likeness (QED) is 0.752. The van der Waals surface area contributed by atoms with E-state index in [1.165, 1.54) is 5.56 Å². The summed E-state index contributed by atoms with van der Waals surface area (Å²) in [6, 6.07) is 15.0. The summed E-state index contributed by atoms with van der Waals surface area (Å²) in [5, 5.41) is 0. The van der Waals surface area contributed by atoms with Crippen molar-refractivity contribution in [2.24, 2.45) is 0 Å². The molecule has 112 valence electrons. The Balaban J connectivity index is 0.00000220. The number of carbonyl (C=O) groups excluding carboxylic acids is 1. The number of hydrogen-bond acceptors (Lipinski definition) is 2. The number of ether oxygens (including phenoxy) is 1. The van der Waals surface area contributed by atoms with Gasteiger partial charge in [-0.2, -0.15) is 0 Å². The van der Waals surface area contributed by atoms with E-state index in [0.29, 0.717) is 11.1 Å². The van der Waals surface area contributed by atoms with Crippen LogP contribution in [0.2, 0.25) is 0 Å². The second-order valence-corrected chi connectivity index (χ2v) is 5.88. The summed E-state index contributed by atoms with van der Waals surface area (Å²) in [7, 11) is 1.61. The molecule has 0 fully saturated rings. The van der Waals surface area contributed by atoms with Crippen LogP contribution in [0.4, 0.5) is 0 Å². The van der Waals surface area contributed by atoms with E-state index in [1.807, 2.05) is 24.3 Å². The SMILES string of the molecule is C.COc1ccc(C(=O)c2ccc(C(C)(C)C)cc2)cc1. The number of benzene rings is 2. The highest BCUT2D eigenvalue weighted by Gasteiger charge is 2.15. The van der Waals surface area contributed by atoms with Crippen LogP contribution in [0.3, 0.4) is 0 Å². The van der Waals surface area contributed by atoms with Gasteiger partial charge in [-0.25, -0.2) is 0 Å². The molecule has 0 spiro atoms. The van der Waals surface area contributed by atoms with Crippen LogP contribution in [-0.2, 0) is 5.41 Å². The van der Waals surface area contributed by atoms with Gasteiger partial charge in [-0.05, 0) is 35.2 Å². The molecule has 2 rings (SSSR count). The van der Waals surface area contributed by atoms with Crippen molar-refractivity contribution in [3.05, 3.63) is 65.2 Å². The average molecular weight is 284 g/mol. The van der Waals surface area contributed by atoms with Crippen LogP contribution in [0.1, 0.15) is 49.7 Å². The zero-order valence-electron chi connectivity index (χ0n) is 12.4. The third-order valence-electron chi connectivity index (χ3n) is 3.37. The Morgan fingerprint density at radius 3 is 1.67 bits per heavy atom. The summed E-state index contributed by atoms with van der Waals surface area (Å²) in [4.78, 5) is 12.4. The number of methoxy groups -OCH3 is 1. The summed E-state index contributed by atoms with van der Waals surface area (Å²) in [5.41, 5.74) is 2.71. The van der Waals surface area contributed by atoms with E-state index in [2.05, 4.69) is 20.8 Å². The van der Waals surface area contributed by atoms with Crippen molar-refractivity contribution in [2.45, 2.75) is 33.6 Å². The second-order valence-electron chi connectivity index (χ2n) is 5.88. The molecule has 0 aliphatic carbocycles. The molecule has 0 aliphatic rings. The normalized spacial score (nSPS) is 10.7. The van der Waals surface area contributed by atoms with Crippen molar-refractivity contribution in [2.75, 3.05) is 7.11 Å². The topological polar surface area (TPSA) is 26.3 Å². The molecule has 2 nitrogen and oxygen atoms in total. The Kier molecular flexibility index (Phi) is 5.31. The molecule has 0 unspecified atom stereocenters. The highest BCUT2D eigenvalue weighted by Crippen LogP contribution is 2.23. The third-order valence-corrected chi connectivity index (χ3v) is 3.37. The van der Waals surface area contributed by atoms with Gasteiger partial charge in [0.25, 0.3) is 0 Å². The lowest BCUT2D eigenvalue weighted by Crippen LogP contribution is -2.11. The minimum Gasteiger partial charge on any atom is -0.497 e. The summed E-state index contributed by atoms with van der Waals surface area (Å²) in [5.74, 6) is 0.790. The molecule has 2 heteroatoms. The van der Waals surface area contributed by atoms with Crippen LogP contribution in [0.15, 0.2) is 48.5 Å². The molecule has 0 amide bonds. The summed E-state index contributed by atoms with van der Waals surface area (Å²) < 4.78 is 5.10. The Morgan fingerprint density at radius 2 is 1.29 bits per heavy atom. The first-order valence-corrected chi connectivity index (χ1v) is 6.71. The van der Waals surface area contributed by atoms with Gasteiger partial charge in [0.2, 0.25) is 0 Å². The zero-order chi connectivity index (χ0) is 14.8. The van der Waals surface area contributed by atoms with Gasteiger partial charge in [0, 0.05) is 11.1 Å². The number of rotatable bonds is 3. The molecule has 0 radical (unpaired) electrons. The van der Waals surface area contributed by atoms with Gasteiger partial charge in [0.15, 0.2) is 5.78 Å². The fourth-order valence-electron chi connectivity index (χ4n) is 2.03. The summed E-state index contributed by atoms with van der Waals surface area (Å²) in [6.45, 7) is 6.48. The van der Waals surface area contributed by atoms with E-state index in [-0.39, 0.29) is 18.6 Å². The lowest BCUT2D eigenvalue weighted by molar-refractivity contribution is 0.103. The standard InChI is InChI=1S/C18H20O2.CH4/c1-18(2,3)15-9-5-13(6-10-15)17(19)14-7-11-16(20-4)12-8-14;/h5-12H,1-4H3;1H4. The van der Waals surface area contributed by atoms with Crippen LogP contribution in [-0.4, -0.2) is 12.9 Å². The zero-order valence-corrected chi connectivity index (χ0v) is 12.4. The lowest BCUT2D eigenvalue weighted by Gasteiger charge is -2.19. The maximum atomic E-state index is 12.4. The van der Waals surface area contributed by atoms with E-state index in [9.17, 15) is 4.79 Å². The van der Waals surface area contributed by atoms with Crippen LogP contribution in [0.5, 0.6) is 5.75 Å². The number of hydrogen-bond donors (Lipinski definition) is 0. The minimum absolute atomic E-state index is 0. The second kappa shape index (κ2) is 6.57. The van der Waals surface area contributed by atoms with Crippen LogP contribution in [0, 0.1) is 0 Å². The lowest BCUT2D eigenvalue weighted by atomic mass is 9.86. The minimum atomic E-state index is 0. The van der Waals surface area contributed by atoms with Gasteiger partial charge in [-0.1, -0.05) is 52.5 Å². The van der Waals surface area contributed by atoms with Crippen molar-refractivity contribution < 1.29 is 9.53 Å². The highest BCUT2D eigenvalue weighted by atomic mass is 16.5. The molecular formula is C19H24O2. The van der Waals surface area contributed by atoms with Gasteiger partial charge in [-0.15, -0.1) is 0 Å². The van der Waals surface area contributed by atoms with E-state index in [4.69, 9.17) is 4.74 Å².